The number of piperidine rings is 1. The molecule has 2 fully saturated rings. The monoisotopic (exact) mass is 340 g/mol. The quantitative estimate of drug-likeness (QED) is 0.899. The Bertz CT molecular complexity index is 799. The number of carbonyl (C=O) groups excluding carboxylic acids is 1. The highest BCUT2D eigenvalue weighted by Gasteiger charge is 2.46. The Morgan fingerprint density at radius 3 is 2.56 bits per heavy atom. The average molecular weight is 340 g/mol. The Morgan fingerprint density at radius 2 is 1.88 bits per heavy atom. The molecule has 2 amide bonds. The highest BCUT2D eigenvalue weighted by molar-refractivity contribution is 5.91. The molecule has 25 heavy (non-hydrogen) atoms. The topological polar surface area (TPSA) is 58.1 Å². The summed E-state index contributed by atoms with van der Waals surface area (Å²) < 4.78 is 14.4. The number of aryl methyl sites for hydroxylation is 1. The van der Waals surface area contributed by atoms with Crippen molar-refractivity contribution in [1.82, 2.24) is 14.9 Å². The molecule has 2 aromatic rings. The highest BCUT2D eigenvalue weighted by atomic mass is 19.1. The van der Waals surface area contributed by atoms with Crippen LogP contribution in [0.15, 0.2) is 30.6 Å². The van der Waals surface area contributed by atoms with Gasteiger partial charge >= 0.3 is 6.03 Å². The van der Waals surface area contributed by atoms with Crippen molar-refractivity contribution in [3.8, 4) is 11.4 Å². The average Bonchev–Trinajstić information content (AvgIpc) is 2.57. The van der Waals surface area contributed by atoms with Crippen LogP contribution >= 0.6 is 0 Å². The number of rotatable bonds is 2. The van der Waals surface area contributed by atoms with E-state index in [9.17, 15) is 9.18 Å². The fraction of sp³-hybridized carbons (Fsp3) is 0.421. The zero-order valence-electron chi connectivity index (χ0n) is 14.4. The van der Waals surface area contributed by atoms with Gasteiger partial charge in [-0.05, 0) is 55.9 Å². The van der Waals surface area contributed by atoms with E-state index in [1.807, 2.05) is 11.8 Å². The van der Waals surface area contributed by atoms with E-state index in [0.29, 0.717) is 23.8 Å². The molecule has 2 bridgehead atoms. The molecule has 1 aromatic heterocycles. The zero-order valence-corrected chi connectivity index (χ0v) is 14.4. The first-order valence-corrected chi connectivity index (χ1v) is 8.69. The van der Waals surface area contributed by atoms with Gasteiger partial charge in [-0.1, -0.05) is 6.92 Å². The van der Waals surface area contributed by atoms with Crippen molar-refractivity contribution >= 4 is 11.7 Å². The summed E-state index contributed by atoms with van der Waals surface area (Å²) in [4.78, 5) is 22.9. The highest BCUT2D eigenvalue weighted by Crippen LogP contribution is 2.41. The maximum atomic E-state index is 14.4. The Morgan fingerprint density at radius 1 is 1.20 bits per heavy atom. The van der Waals surface area contributed by atoms with Crippen molar-refractivity contribution in [3.63, 3.8) is 0 Å². The van der Waals surface area contributed by atoms with Crippen LogP contribution in [0.1, 0.15) is 31.7 Å². The van der Waals surface area contributed by atoms with Gasteiger partial charge in [0.05, 0.1) is 5.69 Å². The summed E-state index contributed by atoms with van der Waals surface area (Å²) >= 11 is 0. The van der Waals surface area contributed by atoms with Gasteiger partial charge in [0.1, 0.15) is 5.82 Å². The van der Waals surface area contributed by atoms with Gasteiger partial charge in [-0.2, -0.15) is 0 Å². The first kappa shape index (κ1) is 16.0. The van der Waals surface area contributed by atoms with E-state index in [1.54, 1.807) is 24.5 Å². The first-order valence-electron chi connectivity index (χ1n) is 8.69. The summed E-state index contributed by atoms with van der Waals surface area (Å²) in [6, 6.07) is 5.14. The van der Waals surface area contributed by atoms with E-state index < -0.39 is 5.82 Å². The van der Waals surface area contributed by atoms with E-state index in [4.69, 9.17) is 0 Å². The lowest BCUT2D eigenvalue weighted by Gasteiger charge is -2.54. The van der Waals surface area contributed by atoms with Gasteiger partial charge < -0.3 is 10.2 Å². The van der Waals surface area contributed by atoms with Crippen LogP contribution < -0.4 is 5.32 Å². The van der Waals surface area contributed by atoms with Gasteiger partial charge in [0.15, 0.2) is 5.82 Å². The van der Waals surface area contributed by atoms with Crippen LogP contribution in [0, 0.1) is 18.7 Å². The summed E-state index contributed by atoms with van der Waals surface area (Å²) in [5, 5.41) is 2.75. The van der Waals surface area contributed by atoms with E-state index in [0.717, 1.165) is 30.4 Å². The van der Waals surface area contributed by atoms with Crippen LogP contribution in [0.25, 0.3) is 11.4 Å². The molecule has 2 aliphatic heterocycles. The third-order valence-electron chi connectivity index (χ3n) is 5.28. The molecule has 3 atom stereocenters. The maximum absolute atomic E-state index is 14.4. The van der Waals surface area contributed by atoms with Crippen LogP contribution in [0.5, 0.6) is 0 Å². The fourth-order valence-corrected chi connectivity index (χ4v) is 4.11. The predicted molar refractivity (Wildman–Crippen MR) is 93.6 cm³/mol. The number of anilines is 1. The van der Waals surface area contributed by atoms with Gasteiger partial charge in [0.25, 0.3) is 0 Å². The summed E-state index contributed by atoms with van der Waals surface area (Å²) in [7, 11) is 0. The SMILES string of the molecule is Cc1cc(F)c(NC(=O)N2C3CC(C)C[C@@H]2C3)cc1-c1ncccn1. The molecule has 0 saturated carbocycles. The standard InChI is InChI=1S/C19H21FN4O/c1-11-6-13-9-14(7-11)24(13)19(25)23-17-10-15(12(2)8-16(17)20)18-21-4-3-5-22-18/h3-5,8,10-11,13-14H,6-7,9H2,1-2H3,(H,23,25)/t11?,13-,14?/m1/s1. The maximum Gasteiger partial charge on any atom is 0.322 e. The van der Waals surface area contributed by atoms with Gasteiger partial charge in [0.2, 0.25) is 0 Å². The fourth-order valence-electron chi connectivity index (χ4n) is 4.11. The second kappa shape index (κ2) is 6.10. The Labute approximate surface area is 146 Å². The number of nitrogens with one attached hydrogen (secondary N) is 1. The Balaban J connectivity index is 1.58. The molecule has 4 rings (SSSR count). The van der Waals surface area contributed by atoms with Crippen LogP contribution in [-0.2, 0) is 0 Å². The number of halogens is 1. The summed E-state index contributed by atoms with van der Waals surface area (Å²) in [6.45, 7) is 4.03. The van der Waals surface area contributed by atoms with Crippen molar-refractivity contribution in [1.29, 1.82) is 0 Å². The van der Waals surface area contributed by atoms with E-state index in [2.05, 4.69) is 22.2 Å². The second-order valence-corrected chi connectivity index (χ2v) is 7.18. The van der Waals surface area contributed by atoms with Crippen LogP contribution in [0.2, 0.25) is 0 Å². The summed E-state index contributed by atoms with van der Waals surface area (Å²) in [5.74, 6) is 0.737. The van der Waals surface area contributed by atoms with Gasteiger partial charge in [-0.25, -0.2) is 19.2 Å². The third kappa shape index (κ3) is 2.86. The molecule has 3 heterocycles. The summed E-state index contributed by atoms with van der Waals surface area (Å²) in [6.07, 6.45) is 6.42. The number of aromatic nitrogens is 2. The molecule has 2 saturated heterocycles. The summed E-state index contributed by atoms with van der Waals surface area (Å²) in [5.41, 5.74) is 1.63. The number of urea groups is 1. The molecular weight excluding hydrogens is 319 g/mol. The Hall–Kier alpha value is -2.50. The van der Waals surface area contributed by atoms with Crippen molar-refractivity contribution in [2.24, 2.45) is 5.92 Å². The lowest BCUT2D eigenvalue weighted by molar-refractivity contribution is -0.00603. The lowest BCUT2D eigenvalue weighted by Crippen LogP contribution is -2.63. The number of nitrogens with zero attached hydrogens (tertiary/aromatic N) is 3. The zero-order chi connectivity index (χ0) is 17.6. The molecule has 0 radical (unpaired) electrons. The number of amides is 2. The van der Waals surface area contributed by atoms with E-state index in [-0.39, 0.29) is 11.7 Å². The molecule has 0 aliphatic carbocycles. The minimum atomic E-state index is -0.440. The molecule has 2 unspecified atom stereocenters. The predicted octanol–water partition coefficient (Wildman–Crippen LogP) is 4.00. The minimum Gasteiger partial charge on any atom is -0.318 e. The van der Waals surface area contributed by atoms with Crippen LogP contribution in [0.4, 0.5) is 14.9 Å². The van der Waals surface area contributed by atoms with Gasteiger partial charge in [0, 0.05) is 30.0 Å². The van der Waals surface area contributed by atoms with Crippen molar-refractivity contribution in [3.05, 3.63) is 42.0 Å². The molecule has 130 valence electrons. The molecule has 1 aromatic carbocycles. The van der Waals surface area contributed by atoms with Crippen molar-refractivity contribution < 1.29 is 9.18 Å². The molecule has 5 nitrogen and oxygen atoms in total. The molecule has 2 aliphatic rings. The third-order valence-corrected chi connectivity index (χ3v) is 5.28. The van der Waals surface area contributed by atoms with Crippen LogP contribution in [0.3, 0.4) is 0 Å². The molecule has 1 N–H and O–H groups in total. The second-order valence-electron chi connectivity index (χ2n) is 7.18. The largest absolute Gasteiger partial charge is 0.322 e. The number of hydrogen-bond donors (Lipinski definition) is 1. The molecular formula is C19H21FN4O. The lowest BCUT2D eigenvalue weighted by atomic mass is 9.74. The number of hydrogen-bond acceptors (Lipinski definition) is 3. The molecule has 6 heteroatoms. The normalized spacial score (nSPS) is 24.6. The number of carbonyl (C=O) groups is 1. The molecule has 0 spiro atoms. The number of fused-ring (bicyclic) bond motifs is 2. The smallest absolute Gasteiger partial charge is 0.318 e. The van der Waals surface area contributed by atoms with E-state index in [1.165, 1.54) is 6.07 Å². The van der Waals surface area contributed by atoms with Gasteiger partial charge in [-0.3, -0.25) is 0 Å². The van der Waals surface area contributed by atoms with E-state index >= 15 is 0 Å². The van der Waals surface area contributed by atoms with Crippen molar-refractivity contribution in [2.45, 2.75) is 45.2 Å². The minimum absolute atomic E-state index is 0.177. The number of benzene rings is 1. The Kier molecular flexibility index (Phi) is 3.90. The van der Waals surface area contributed by atoms with Crippen LogP contribution in [-0.4, -0.2) is 33.0 Å². The first-order chi connectivity index (χ1) is 12.0. The van der Waals surface area contributed by atoms with Gasteiger partial charge in [-0.15, -0.1) is 0 Å². The van der Waals surface area contributed by atoms with Crippen molar-refractivity contribution in [2.75, 3.05) is 5.32 Å².